The molecule has 0 aliphatic rings. The zero-order chi connectivity index (χ0) is 13.3. The lowest BCUT2D eigenvalue weighted by Crippen LogP contribution is -2.07. The minimum atomic E-state index is -0.351. The maximum absolute atomic E-state index is 13.4. The third-order valence-electron chi connectivity index (χ3n) is 2.86. The van der Waals surface area contributed by atoms with E-state index < -0.39 is 0 Å². The van der Waals surface area contributed by atoms with Gasteiger partial charge in [0.1, 0.15) is 11.6 Å². The molecule has 1 unspecified atom stereocenters. The normalized spacial score (nSPS) is 12.5. The Bertz CT molecular complexity index is 556. The van der Waals surface area contributed by atoms with E-state index >= 15 is 0 Å². The summed E-state index contributed by atoms with van der Waals surface area (Å²) in [5.74, 6) is -0.679. The van der Waals surface area contributed by atoms with Gasteiger partial charge in [0, 0.05) is 6.04 Å². The Labute approximate surface area is 105 Å². The topological polar surface area (TPSA) is 26.0 Å². The smallest absolute Gasteiger partial charge is 0.124 e. The van der Waals surface area contributed by atoms with Crippen LogP contribution < -0.4 is 5.73 Å². The third kappa shape index (κ3) is 2.57. The summed E-state index contributed by atoms with van der Waals surface area (Å²) in [6, 6.07) is 8.84. The van der Waals surface area contributed by atoms with E-state index in [9.17, 15) is 8.78 Å². The van der Waals surface area contributed by atoms with E-state index in [0.717, 1.165) is 11.1 Å². The standard InChI is InChI=1S/C15H15F2N/c1-9-5-11(7-13(17)6-9)15-8-12(16)3-4-14(15)10(2)18/h3-8,10H,18H2,1-2H3. The zero-order valence-corrected chi connectivity index (χ0v) is 10.4. The molecule has 0 fully saturated rings. The molecular weight excluding hydrogens is 232 g/mol. The van der Waals surface area contributed by atoms with Gasteiger partial charge in [0.05, 0.1) is 0 Å². The van der Waals surface area contributed by atoms with Gasteiger partial charge >= 0.3 is 0 Å². The van der Waals surface area contributed by atoms with Crippen LogP contribution in [-0.2, 0) is 0 Å². The fourth-order valence-electron chi connectivity index (χ4n) is 2.07. The van der Waals surface area contributed by atoms with Crippen LogP contribution >= 0.6 is 0 Å². The highest BCUT2D eigenvalue weighted by atomic mass is 19.1. The molecule has 0 spiro atoms. The van der Waals surface area contributed by atoms with Gasteiger partial charge in [-0.25, -0.2) is 8.78 Å². The summed E-state index contributed by atoms with van der Waals surface area (Å²) in [5, 5.41) is 0. The molecule has 1 nitrogen and oxygen atoms in total. The van der Waals surface area contributed by atoms with Gasteiger partial charge in [0.2, 0.25) is 0 Å². The zero-order valence-electron chi connectivity index (χ0n) is 10.4. The molecule has 0 amide bonds. The van der Waals surface area contributed by atoms with Gasteiger partial charge in [-0.05, 0) is 60.4 Å². The molecule has 3 heteroatoms. The maximum Gasteiger partial charge on any atom is 0.124 e. The quantitative estimate of drug-likeness (QED) is 0.854. The SMILES string of the molecule is Cc1cc(F)cc(-c2cc(F)ccc2C(C)N)c1. The summed E-state index contributed by atoms with van der Waals surface area (Å²) in [5.41, 5.74) is 8.76. The first-order valence-electron chi connectivity index (χ1n) is 5.80. The van der Waals surface area contributed by atoms with E-state index in [1.165, 1.54) is 24.3 Å². The van der Waals surface area contributed by atoms with Crippen molar-refractivity contribution in [2.45, 2.75) is 19.9 Å². The molecule has 0 aliphatic carbocycles. The fourth-order valence-corrected chi connectivity index (χ4v) is 2.07. The minimum Gasteiger partial charge on any atom is -0.324 e. The van der Waals surface area contributed by atoms with Crippen LogP contribution in [0.5, 0.6) is 0 Å². The highest BCUT2D eigenvalue weighted by Crippen LogP contribution is 2.29. The molecule has 2 aromatic carbocycles. The Hall–Kier alpha value is -1.74. The van der Waals surface area contributed by atoms with E-state index in [0.29, 0.717) is 11.1 Å². The molecule has 18 heavy (non-hydrogen) atoms. The van der Waals surface area contributed by atoms with Crippen LogP contribution in [0.25, 0.3) is 11.1 Å². The van der Waals surface area contributed by atoms with Crippen molar-refractivity contribution in [3.63, 3.8) is 0 Å². The van der Waals surface area contributed by atoms with Gasteiger partial charge in [-0.3, -0.25) is 0 Å². The number of rotatable bonds is 2. The summed E-state index contributed by atoms with van der Waals surface area (Å²) in [4.78, 5) is 0. The lowest BCUT2D eigenvalue weighted by Gasteiger charge is -2.13. The van der Waals surface area contributed by atoms with Crippen molar-refractivity contribution in [1.29, 1.82) is 0 Å². The van der Waals surface area contributed by atoms with E-state index in [2.05, 4.69) is 0 Å². The molecule has 2 N–H and O–H groups in total. The highest BCUT2D eigenvalue weighted by molar-refractivity contribution is 5.68. The summed E-state index contributed by atoms with van der Waals surface area (Å²) >= 11 is 0. The average Bonchev–Trinajstić information content (AvgIpc) is 2.27. The monoisotopic (exact) mass is 247 g/mol. The first-order chi connectivity index (χ1) is 8.47. The van der Waals surface area contributed by atoms with Crippen molar-refractivity contribution in [3.05, 3.63) is 59.2 Å². The largest absolute Gasteiger partial charge is 0.324 e. The average molecular weight is 247 g/mol. The lowest BCUT2D eigenvalue weighted by atomic mass is 9.95. The van der Waals surface area contributed by atoms with E-state index in [-0.39, 0.29) is 17.7 Å². The second-order valence-electron chi connectivity index (χ2n) is 4.54. The molecule has 0 saturated carbocycles. The van der Waals surface area contributed by atoms with Gasteiger partial charge in [-0.1, -0.05) is 12.1 Å². The predicted octanol–water partition coefficient (Wildman–Crippen LogP) is 3.96. The lowest BCUT2D eigenvalue weighted by molar-refractivity contribution is 0.624. The van der Waals surface area contributed by atoms with Crippen molar-refractivity contribution in [1.82, 2.24) is 0 Å². The van der Waals surface area contributed by atoms with Crippen molar-refractivity contribution < 1.29 is 8.78 Å². The molecule has 0 bridgehead atoms. The van der Waals surface area contributed by atoms with Crippen LogP contribution in [0.2, 0.25) is 0 Å². The number of nitrogens with two attached hydrogens (primary N) is 1. The molecule has 0 heterocycles. The van der Waals surface area contributed by atoms with E-state index in [1.54, 1.807) is 13.0 Å². The molecule has 0 radical (unpaired) electrons. The van der Waals surface area contributed by atoms with Gasteiger partial charge in [-0.2, -0.15) is 0 Å². The number of benzene rings is 2. The van der Waals surface area contributed by atoms with E-state index in [4.69, 9.17) is 5.73 Å². The van der Waals surface area contributed by atoms with Crippen LogP contribution in [0, 0.1) is 18.6 Å². The molecule has 0 aliphatic heterocycles. The molecule has 94 valence electrons. The van der Waals surface area contributed by atoms with Crippen molar-refractivity contribution >= 4 is 0 Å². The Morgan fingerprint density at radius 3 is 2.33 bits per heavy atom. The van der Waals surface area contributed by atoms with Crippen molar-refractivity contribution in [2.75, 3.05) is 0 Å². The van der Waals surface area contributed by atoms with Gasteiger partial charge in [-0.15, -0.1) is 0 Å². The van der Waals surface area contributed by atoms with Crippen molar-refractivity contribution in [2.24, 2.45) is 5.73 Å². The highest BCUT2D eigenvalue weighted by Gasteiger charge is 2.11. The number of aryl methyl sites for hydroxylation is 1. The van der Waals surface area contributed by atoms with Gasteiger partial charge in [0.15, 0.2) is 0 Å². The van der Waals surface area contributed by atoms with Gasteiger partial charge in [0.25, 0.3) is 0 Å². The number of hydrogen-bond donors (Lipinski definition) is 1. The Balaban J connectivity index is 2.65. The first-order valence-corrected chi connectivity index (χ1v) is 5.80. The predicted molar refractivity (Wildman–Crippen MR) is 69.1 cm³/mol. The van der Waals surface area contributed by atoms with Crippen LogP contribution in [0.4, 0.5) is 8.78 Å². The van der Waals surface area contributed by atoms with Crippen LogP contribution in [0.15, 0.2) is 36.4 Å². The second-order valence-corrected chi connectivity index (χ2v) is 4.54. The molecule has 0 saturated heterocycles. The van der Waals surface area contributed by atoms with E-state index in [1.807, 2.05) is 13.0 Å². The molecule has 1 atom stereocenters. The Morgan fingerprint density at radius 1 is 1.00 bits per heavy atom. The maximum atomic E-state index is 13.4. The first kappa shape index (κ1) is 12.7. The number of halogens is 2. The summed E-state index contributed by atoms with van der Waals surface area (Å²) in [7, 11) is 0. The third-order valence-corrected chi connectivity index (χ3v) is 2.86. The number of hydrogen-bond acceptors (Lipinski definition) is 1. The van der Waals surface area contributed by atoms with Crippen molar-refractivity contribution in [3.8, 4) is 11.1 Å². The fraction of sp³-hybridized carbons (Fsp3) is 0.200. The van der Waals surface area contributed by atoms with Crippen LogP contribution in [-0.4, -0.2) is 0 Å². The van der Waals surface area contributed by atoms with Crippen LogP contribution in [0.1, 0.15) is 24.1 Å². The Morgan fingerprint density at radius 2 is 1.72 bits per heavy atom. The summed E-state index contributed by atoms with van der Waals surface area (Å²) in [6.07, 6.45) is 0. The minimum absolute atomic E-state index is 0.232. The molecule has 2 rings (SSSR count). The molecule has 2 aromatic rings. The second kappa shape index (κ2) is 4.86. The Kier molecular flexibility index (Phi) is 3.43. The molecule has 0 aromatic heterocycles. The molecular formula is C15H15F2N. The van der Waals surface area contributed by atoms with Crippen LogP contribution in [0.3, 0.4) is 0 Å². The summed E-state index contributed by atoms with van der Waals surface area (Å²) < 4.78 is 26.8. The summed E-state index contributed by atoms with van der Waals surface area (Å²) in [6.45, 7) is 3.63. The van der Waals surface area contributed by atoms with Gasteiger partial charge < -0.3 is 5.73 Å².